The molecule has 2 atom stereocenters. The van der Waals surface area contributed by atoms with Crippen molar-refractivity contribution in [3.63, 3.8) is 0 Å². The number of thioether (sulfide) groups is 1. The van der Waals surface area contributed by atoms with Gasteiger partial charge in [0.05, 0.1) is 12.5 Å². The van der Waals surface area contributed by atoms with Crippen molar-refractivity contribution in [3.05, 3.63) is 28.2 Å². The molecule has 16 heavy (non-hydrogen) atoms. The van der Waals surface area contributed by atoms with Gasteiger partial charge in [0, 0.05) is 4.47 Å². The molecule has 2 unspecified atom stereocenters. The smallest absolute Gasteiger partial charge is 0.119 e. The summed E-state index contributed by atoms with van der Waals surface area (Å²) in [7, 11) is 1.70. The SMILES string of the molecule is COc1ccc(Br)c(C2NCC(C)CS2)c1. The Morgan fingerprint density at radius 2 is 2.31 bits per heavy atom. The summed E-state index contributed by atoms with van der Waals surface area (Å²) >= 11 is 5.56. The van der Waals surface area contributed by atoms with Crippen LogP contribution >= 0.6 is 27.7 Å². The number of benzene rings is 1. The Balaban J connectivity index is 2.19. The Bertz CT molecular complexity index is 364. The van der Waals surface area contributed by atoms with Crippen LogP contribution in [0.3, 0.4) is 0 Å². The number of ether oxygens (including phenoxy) is 1. The molecule has 0 bridgehead atoms. The molecule has 4 heteroatoms. The normalized spacial score (nSPS) is 25.4. The molecular formula is C12H16BrNOS. The maximum Gasteiger partial charge on any atom is 0.119 e. The van der Waals surface area contributed by atoms with E-state index in [-0.39, 0.29) is 0 Å². The lowest BCUT2D eigenvalue weighted by molar-refractivity contribution is 0.413. The summed E-state index contributed by atoms with van der Waals surface area (Å²) in [5.74, 6) is 2.88. The molecule has 0 aliphatic carbocycles. The minimum absolute atomic E-state index is 0.376. The van der Waals surface area contributed by atoms with Gasteiger partial charge in [-0.3, -0.25) is 0 Å². The van der Waals surface area contributed by atoms with Gasteiger partial charge >= 0.3 is 0 Å². The molecule has 0 aromatic heterocycles. The van der Waals surface area contributed by atoms with E-state index < -0.39 is 0 Å². The van der Waals surface area contributed by atoms with Crippen LogP contribution in [0, 0.1) is 5.92 Å². The van der Waals surface area contributed by atoms with Gasteiger partial charge in [-0.15, -0.1) is 11.8 Å². The van der Waals surface area contributed by atoms with Crippen molar-refractivity contribution in [2.24, 2.45) is 5.92 Å². The highest BCUT2D eigenvalue weighted by Gasteiger charge is 2.21. The van der Waals surface area contributed by atoms with E-state index in [0.717, 1.165) is 22.7 Å². The fourth-order valence-corrected chi connectivity index (χ4v) is 3.59. The highest BCUT2D eigenvalue weighted by atomic mass is 79.9. The quantitative estimate of drug-likeness (QED) is 0.904. The molecule has 0 amide bonds. The molecule has 2 rings (SSSR count). The molecule has 0 radical (unpaired) electrons. The van der Waals surface area contributed by atoms with Crippen molar-refractivity contribution in [1.29, 1.82) is 0 Å². The predicted octanol–water partition coefficient (Wildman–Crippen LogP) is 3.43. The molecule has 1 fully saturated rings. The second kappa shape index (κ2) is 5.43. The molecule has 1 N–H and O–H groups in total. The lowest BCUT2D eigenvalue weighted by atomic mass is 10.1. The third-order valence-corrected chi connectivity index (χ3v) is 4.92. The zero-order chi connectivity index (χ0) is 11.5. The van der Waals surface area contributed by atoms with E-state index in [0.29, 0.717) is 5.37 Å². The minimum atomic E-state index is 0.376. The fourth-order valence-electron chi connectivity index (χ4n) is 1.74. The van der Waals surface area contributed by atoms with Gasteiger partial charge in [0.1, 0.15) is 5.75 Å². The minimum Gasteiger partial charge on any atom is -0.497 e. The van der Waals surface area contributed by atoms with Gasteiger partial charge in [0.25, 0.3) is 0 Å². The Hall–Kier alpha value is -0.190. The van der Waals surface area contributed by atoms with Crippen LogP contribution in [0.15, 0.2) is 22.7 Å². The van der Waals surface area contributed by atoms with Gasteiger partial charge in [-0.1, -0.05) is 22.9 Å². The average Bonchev–Trinajstić information content (AvgIpc) is 2.31. The van der Waals surface area contributed by atoms with E-state index in [1.54, 1.807) is 7.11 Å². The monoisotopic (exact) mass is 301 g/mol. The topological polar surface area (TPSA) is 21.3 Å². The van der Waals surface area contributed by atoms with E-state index in [4.69, 9.17) is 4.74 Å². The van der Waals surface area contributed by atoms with Crippen LogP contribution in [0.25, 0.3) is 0 Å². The molecule has 0 spiro atoms. The molecule has 1 heterocycles. The van der Waals surface area contributed by atoms with E-state index in [9.17, 15) is 0 Å². The van der Waals surface area contributed by atoms with Gasteiger partial charge in [0.2, 0.25) is 0 Å². The molecule has 0 saturated carbocycles. The summed E-state index contributed by atoms with van der Waals surface area (Å²) in [5, 5.41) is 3.93. The van der Waals surface area contributed by atoms with Crippen molar-refractivity contribution in [2.45, 2.75) is 12.3 Å². The summed E-state index contributed by atoms with van der Waals surface area (Å²) in [6.45, 7) is 3.36. The number of hydrogen-bond acceptors (Lipinski definition) is 3. The zero-order valence-corrected chi connectivity index (χ0v) is 11.9. The Morgan fingerprint density at radius 3 is 2.94 bits per heavy atom. The first-order valence-corrected chi connectivity index (χ1v) is 7.23. The standard InChI is InChI=1S/C12H16BrNOS/c1-8-6-14-12(16-7-8)10-5-9(15-2)3-4-11(10)13/h3-5,8,12,14H,6-7H2,1-2H3. The van der Waals surface area contributed by atoms with E-state index in [1.807, 2.05) is 17.8 Å². The van der Waals surface area contributed by atoms with Crippen molar-refractivity contribution in [3.8, 4) is 5.75 Å². The van der Waals surface area contributed by atoms with Crippen molar-refractivity contribution < 1.29 is 4.74 Å². The van der Waals surface area contributed by atoms with Crippen LogP contribution in [-0.2, 0) is 0 Å². The molecule has 1 aromatic carbocycles. The average molecular weight is 302 g/mol. The maximum absolute atomic E-state index is 5.26. The molecule has 1 aliphatic rings. The van der Waals surface area contributed by atoms with Gasteiger partial charge in [0.15, 0.2) is 0 Å². The Kier molecular flexibility index (Phi) is 4.16. The summed E-state index contributed by atoms with van der Waals surface area (Å²) in [5.41, 5.74) is 1.27. The number of methoxy groups -OCH3 is 1. The van der Waals surface area contributed by atoms with Crippen molar-refractivity contribution in [1.82, 2.24) is 5.32 Å². The van der Waals surface area contributed by atoms with Crippen LogP contribution in [-0.4, -0.2) is 19.4 Å². The first-order valence-electron chi connectivity index (χ1n) is 5.39. The summed E-state index contributed by atoms with van der Waals surface area (Å²) in [6.07, 6.45) is 0. The molecule has 1 saturated heterocycles. The van der Waals surface area contributed by atoms with Gasteiger partial charge in [-0.2, -0.15) is 0 Å². The van der Waals surface area contributed by atoms with E-state index >= 15 is 0 Å². The summed E-state index contributed by atoms with van der Waals surface area (Å²) in [6, 6.07) is 6.13. The van der Waals surface area contributed by atoms with Gasteiger partial charge < -0.3 is 10.1 Å². The van der Waals surface area contributed by atoms with Crippen LogP contribution in [0.2, 0.25) is 0 Å². The van der Waals surface area contributed by atoms with Crippen LogP contribution in [0.4, 0.5) is 0 Å². The number of halogens is 1. The lowest BCUT2D eigenvalue weighted by Gasteiger charge is -2.28. The van der Waals surface area contributed by atoms with Crippen LogP contribution in [0.1, 0.15) is 17.9 Å². The second-order valence-corrected chi connectivity index (χ2v) is 6.11. The van der Waals surface area contributed by atoms with Crippen LogP contribution < -0.4 is 10.1 Å². The Labute approximate surface area is 109 Å². The Morgan fingerprint density at radius 1 is 1.50 bits per heavy atom. The molecule has 88 valence electrons. The van der Waals surface area contributed by atoms with Crippen LogP contribution in [0.5, 0.6) is 5.75 Å². The highest BCUT2D eigenvalue weighted by molar-refractivity contribution is 9.10. The molecule has 1 aromatic rings. The highest BCUT2D eigenvalue weighted by Crippen LogP contribution is 2.37. The van der Waals surface area contributed by atoms with Gasteiger partial charge in [-0.25, -0.2) is 0 Å². The summed E-state index contributed by atoms with van der Waals surface area (Å²) < 4.78 is 6.41. The number of nitrogens with one attached hydrogen (secondary N) is 1. The summed E-state index contributed by atoms with van der Waals surface area (Å²) in [4.78, 5) is 0. The first kappa shape index (κ1) is 12.3. The predicted molar refractivity (Wildman–Crippen MR) is 73.1 cm³/mol. The lowest BCUT2D eigenvalue weighted by Crippen LogP contribution is -2.31. The zero-order valence-electron chi connectivity index (χ0n) is 9.50. The number of hydrogen-bond donors (Lipinski definition) is 1. The number of rotatable bonds is 2. The van der Waals surface area contributed by atoms with Gasteiger partial charge in [-0.05, 0) is 42.0 Å². The first-order chi connectivity index (χ1) is 7.70. The fraction of sp³-hybridized carbons (Fsp3) is 0.500. The van der Waals surface area contributed by atoms with E-state index in [2.05, 4.69) is 40.3 Å². The largest absolute Gasteiger partial charge is 0.497 e. The second-order valence-electron chi connectivity index (χ2n) is 4.11. The third-order valence-electron chi connectivity index (χ3n) is 2.68. The molecular weight excluding hydrogens is 286 g/mol. The van der Waals surface area contributed by atoms with E-state index in [1.165, 1.54) is 11.3 Å². The molecule has 2 nitrogen and oxygen atoms in total. The van der Waals surface area contributed by atoms with Crippen molar-refractivity contribution in [2.75, 3.05) is 19.4 Å². The van der Waals surface area contributed by atoms with Crippen molar-refractivity contribution >= 4 is 27.7 Å². The maximum atomic E-state index is 5.26. The third kappa shape index (κ3) is 2.73. The molecule has 1 aliphatic heterocycles.